The molecule has 0 atom stereocenters. The first-order valence-electron chi connectivity index (χ1n) is 6.96. The molecule has 124 valence electrons. The highest BCUT2D eigenvalue weighted by Crippen LogP contribution is 2.18. The molecule has 0 saturated heterocycles. The Hall–Kier alpha value is -1.90. The average molecular weight is 353 g/mol. The third kappa shape index (κ3) is 4.54. The number of carbonyl (C=O) groups excluding carboxylic acids is 1. The Balaban J connectivity index is 1.99. The number of nitrogens with zero attached hydrogens (tertiary/aromatic N) is 1. The summed E-state index contributed by atoms with van der Waals surface area (Å²) in [6.07, 6.45) is 0. The van der Waals surface area contributed by atoms with Crippen LogP contribution in [0.1, 0.15) is 10.4 Å². The van der Waals surface area contributed by atoms with E-state index in [2.05, 4.69) is 10.6 Å². The maximum absolute atomic E-state index is 12.3. The minimum atomic E-state index is -3.54. The molecule has 0 unspecified atom stereocenters. The summed E-state index contributed by atoms with van der Waals surface area (Å²) < 4.78 is 25.7. The molecule has 8 heteroatoms. The number of thiophene rings is 1. The number of carbonyl (C=O) groups is 1. The van der Waals surface area contributed by atoms with Crippen LogP contribution >= 0.6 is 11.3 Å². The van der Waals surface area contributed by atoms with Gasteiger partial charge in [0.05, 0.1) is 11.4 Å². The van der Waals surface area contributed by atoms with Crippen molar-refractivity contribution in [1.29, 1.82) is 0 Å². The first kappa shape index (κ1) is 17.5. The molecule has 2 amide bonds. The molecule has 0 aliphatic heterocycles. The predicted molar refractivity (Wildman–Crippen MR) is 90.7 cm³/mol. The number of amides is 2. The standard InChI is InChI=1S/C15H19N3O3S2/c1-18(2)23(20,21)14-8-4-3-6-12(14)10-16-15(19)17-11-13-7-5-9-22-13/h3-9H,10-11H2,1-2H3,(H2,16,17,19). The molecular formula is C15H19N3O3S2. The van der Waals surface area contributed by atoms with Gasteiger partial charge in [0.15, 0.2) is 0 Å². The van der Waals surface area contributed by atoms with Crippen molar-refractivity contribution in [3.05, 3.63) is 52.2 Å². The van der Waals surface area contributed by atoms with E-state index in [1.165, 1.54) is 20.2 Å². The van der Waals surface area contributed by atoms with Gasteiger partial charge in [-0.2, -0.15) is 0 Å². The number of hydrogen-bond donors (Lipinski definition) is 2. The van der Waals surface area contributed by atoms with Gasteiger partial charge in [-0.3, -0.25) is 0 Å². The van der Waals surface area contributed by atoms with Crippen LogP contribution in [0.25, 0.3) is 0 Å². The molecule has 0 bridgehead atoms. The van der Waals surface area contributed by atoms with E-state index in [9.17, 15) is 13.2 Å². The van der Waals surface area contributed by atoms with E-state index in [0.29, 0.717) is 12.1 Å². The zero-order valence-electron chi connectivity index (χ0n) is 12.9. The maximum Gasteiger partial charge on any atom is 0.315 e. The Kier molecular flexibility index (Phi) is 5.75. The molecule has 0 saturated carbocycles. The van der Waals surface area contributed by atoms with Gasteiger partial charge in [0.1, 0.15) is 0 Å². The Morgan fingerprint density at radius 3 is 2.43 bits per heavy atom. The van der Waals surface area contributed by atoms with Gasteiger partial charge in [-0.05, 0) is 23.1 Å². The van der Waals surface area contributed by atoms with E-state index < -0.39 is 10.0 Å². The van der Waals surface area contributed by atoms with E-state index >= 15 is 0 Å². The van der Waals surface area contributed by atoms with Crippen LogP contribution in [0.15, 0.2) is 46.7 Å². The number of nitrogens with one attached hydrogen (secondary N) is 2. The first-order chi connectivity index (χ1) is 10.9. The molecule has 2 N–H and O–H groups in total. The summed E-state index contributed by atoms with van der Waals surface area (Å²) in [4.78, 5) is 13.1. The van der Waals surface area contributed by atoms with E-state index in [0.717, 1.165) is 9.18 Å². The molecule has 0 aliphatic carbocycles. The fourth-order valence-corrected chi connectivity index (χ4v) is 3.68. The van der Waals surface area contributed by atoms with Crippen LogP contribution in [0.5, 0.6) is 0 Å². The monoisotopic (exact) mass is 353 g/mol. The van der Waals surface area contributed by atoms with Crippen LogP contribution in [0, 0.1) is 0 Å². The largest absolute Gasteiger partial charge is 0.334 e. The van der Waals surface area contributed by atoms with Crippen molar-refractivity contribution in [1.82, 2.24) is 14.9 Å². The van der Waals surface area contributed by atoms with Crippen molar-refractivity contribution in [3.8, 4) is 0 Å². The number of urea groups is 1. The van der Waals surface area contributed by atoms with Gasteiger partial charge in [0, 0.05) is 25.5 Å². The lowest BCUT2D eigenvalue weighted by Gasteiger charge is -2.15. The van der Waals surface area contributed by atoms with E-state index in [1.54, 1.807) is 29.5 Å². The number of benzene rings is 1. The second kappa shape index (κ2) is 7.58. The van der Waals surface area contributed by atoms with Crippen molar-refractivity contribution >= 4 is 27.4 Å². The fraction of sp³-hybridized carbons (Fsp3) is 0.267. The lowest BCUT2D eigenvalue weighted by molar-refractivity contribution is 0.240. The topological polar surface area (TPSA) is 78.5 Å². The molecule has 0 radical (unpaired) electrons. The number of sulfonamides is 1. The Labute approximate surface area is 140 Å². The summed E-state index contributed by atoms with van der Waals surface area (Å²) in [6, 6.07) is 10.2. The molecule has 0 spiro atoms. The lowest BCUT2D eigenvalue weighted by atomic mass is 10.2. The third-order valence-corrected chi connectivity index (χ3v) is 5.97. The van der Waals surface area contributed by atoms with E-state index in [4.69, 9.17) is 0 Å². The van der Waals surface area contributed by atoms with Gasteiger partial charge in [0.2, 0.25) is 10.0 Å². The summed E-state index contributed by atoms with van der Waals surface area (Å²) >= 11 is 1.56. The van der Waals surface area contributed by atoms with Crippen molar-refractivity contribution in [2.45, 2.75) is 18.0 Å². The molecule has 1 aromatic heterocycles. The average Bonchev–Trinajstić information content (AvgIpc) is 3.04. The molecule has 0 fully saturated rings. The fourth-order valence-electron chi connectivity index (χ4n) is 1.92. The molecular weight excluding hydrogens is 334 g/mol. The summed E-state index contributed by atoms with van der Waals surface area (Å²) in [5.74, 6) is 0. The molecule has 1 aromatic carbocycles. The van der Waals surface area contributed by atoms with Gasteiger partial charge in [-0.25, -0.2) is 17.5 Å². The van der Waals surface area contributed by atoms with Crippen molar-refractivity contribution in [2.24, 2.45) is 0 Å². The van der Waals surface area contributed by atoms with Crippen molar-refractivity contribution in [3.63, 3.8) is 0 Å². The highest BCUT2D eigenvalue weighted by Gasteiger charge is 2.20. The smallest absolute Gasteiger partial charge is 0.315 e. The molecule has 0 aliphatic rings. The van der Waals surface area contributed by atoms with Crippen LogP contribution in [-0.4, -0.2) is 32.8 Å². The number of hydrogen-bond acceptors (Lipinski definition) is 4. The second-order valence-electron chi connectivity index (χ2n) is 5.01. The summed E-state index contributed by atoms with van der Waals surface area (Å²) in [6.45, 7) is 0.584. The quantitative estimate of drug-likeness (QED) is 0.834. The molecule has 23 heavy (non-hydrogen) atoms. The zero-order chi connectivity index (χ0) is 16.9. The second-order valence-corrected chi connectivity index (χ2v) is 8.16. The maximum atomic E-state index is 12.3. The van der Waals surface area contributed by atoms with E-state index in [-0.39, 0.29) is 17.5 Å². The third-order valence-electron chi connectivity index (χ3n) is 3.17. The Bertz CT molecular complexity index is 756. The van der Waals surface area contributed by atoms with Gasteiger partial charge in [0.25, 0.3) is 0 Å². The van der Waals surface area contributed by atoms with Gasteiger partial charge in [-0.15, -0.1) is 11.3 Å². The van der Waals surface area contributed by atoms with E-state index in [1.807, 2.05) is 17.5 Å². The van der Waals surface area contributed by atoms with Crippen LogP contribution < -0.4 is 10.6 Å². The summed E-state index contributed by atoms with van der Waals surface area (Å²) in [5, 5.41) is 7.36. The summed E-state index contributed by atoms with van der Waals surface area (Å²) in [5.41, 5.74) is 0.549. The molecule has 1 heterocycles. The van der Waals surface area contributed by atoms with Crippen LogP contribution in [0.3, 0.4) is 0 Å². The Morgan fingerprint density at radius 1 is 1.09 bits per heavy atom. The van der Waals surface area contributed by atoms with Gasteiger partial charge >= 0.3 is 6.03 Å². The van der Waals surface area contributed by atoms with Crippen LogP contribution in [0.2, 0.25) is 0 Å². The predicted octanol–water partition coefficient (Wildman–Crippen LogP) is 2.00. The van der Waals surface area contributed by atoms with Crippen LogP contribution in [-0.2, 0) is 23.1 Å². The lowest BCUT2D eigenvalue weighted by Crippen LogP contribution is -2.35. The van der Waals surface area contributed by atoms with Crippen molar-refractivity contribution in [2.75, 3.05) is 14.1 Å². The SMILES string of the molecule is CN(C)S(=O)(=O)c1ccccc1CNC(=O)NCc1cccs1. The first-order valence-corrected chi connectivity index (χ1v) is 9.28. The van der Waals surface area contributed by atoms with Gasteiger partial charge in [-0.1, -0.05) is 24.3 Å². The van der Waals surface area contributed by atoms with Crippen molar-refractivity contribution < 1.29 is 13.2 Å². The molecule has 6 nitrogen and oxygen atoms in total. The highest BCUT2D eigenvalue weighted by atomic mass is 32.2. The normalized spacial score (nSPS) is 11.4. The highest BCUT2D eigenvalue weighted by molar-refractivity contribution is 7.89. The zero-order valence-corrected chi connectivity index (χ0v) is 14.6. The minimum Gasteiger partial charge on any atom is -0.334 e. The van der Waals surface area contributed by atoms with Crippen LogP contribution in [0.4, 0.5) is 4.79 Å². The number of rotatable bonds is 6. The Morgan fingerprint density at radius 2 is 1.78 bits per heavy atom. The minimum absolute atomic E-state index is 0.138. The van der Waals surface area contributed by atoms with Gasteiger partial charge < -0.3 is 10.6 Å². The summed E-state index contributed by atoms with van der Waals surface area (Å²) in [7, 11) is -0.581. The molecule has 2 rings (SSSR count). The molecule has 2 aromatic rings.